The maximum Gasteiger partial charge on any atom is 0.238 e. The van der Waals surface area contributed by atoms with E-state index in [1.807, 2.05) is 13.0 Å². The van der Waals surface area contributed by atoms with Gasteiger partial charge in [-0.25, -0.2) is 0 Å². The normalized spacial score (nSPS) is 12.2. The van der Waals surface area contributed by atoms with Crippen molar-refractivity contribution in [2.24, 2.45) is 0 Å². The van der Waals surface area contributed by atoms with E-state index in [-0.39, 0.29) is 18.5 Å². The molecule has 1 heterocycles. The van der Waals surface area contributed by atoms with Crippen molar-refractivity contribution >= 4 is 34.8 Å². The maximum atomic E-state index is 11.8. The van der Waals surface area contributed by atoms with Crippen LogP contribution in [0.15, 0.2) is 41.0 Å². The number of halogens is 2. The topological polar surface area (TPSA) is 54.3 Å². The second kappa shape index (κ2) is 6.79. The van der Waals surface area contributed by atoms with Crippen LogP contribution in [0.2, 0.25) is 10.0 Å². The third kappa shape index (κ3) is 3.76. The second-order valence-corrected chi connectivity index (χ2v) is 5.05. The van der Waals surface area contributed by atoms with Gasteiger partial charge in [0.25, 0.3) is 0 Å². The van der Waals surface area contributed by atoms with E-state index >= 15 is 0 Å². The van der Waals surface area contributed by atoms with Crippen LogP contribution in [0.1, 0.15) is 18.7 Å². The average molecular weight is 313 g/mol. The largest absolute Gasteiger partial charge is 0.468 e. The molecule has 106 valence electrons. The van der Waals surface area contributed by atoms with Crippen LogP contribution in [0.5, 0.6) is 0 Å². The molecule has 2 rings (SSSR count). The van der Waals surface area contributed by atoms with E-state index < -0.39 is 0 Å². The lowest BCUT2D eigenvalue weighted by Gasteiger charge is -2.12. The number of carbonyl (C=O) groups is 1. The number of benzene rings is 1. The molecule has 2 N–H and O–H groups in total. The summed E-state index contributed by atoms with van der Waals surface area (Å²) in [7, 11) is 0. The summed E-state index contributed by atoms with van der Waals surface area (Å²) >= 11 is 11.9. The van der Waals surface area contributed by atoms with Gasteiger partial charge < -0.3 is 9.73 Å². The Bertz CT molecular complexity index is 585. The maximum absolute atomic E-state index is 11.8. The van der Waals surface area contributed by atoms with Crippen molar-refractivity contribution in [3.63, 3.8) is 0 Å². The smallest absolute Gasteiger partial charge is 0.238 e. The molecule has 1 aromatic carbocycles. The molecule has 0 saturated heterocycles. The number of hydrogen-bond acceptors (Lipinski definition) is 3. The van der Waals surface area contributed by atoms with Crippen molar-refractivity contribution in [1.29, 1.82) is 0 Å². The Morgan fingerprint density at radius 2 is 2.10 bits per heavy atom. The molecule has 1 aromatic heterocycles. The lowest BCUT2D eigenvalue weighted by atomic mass is 10.2. The van der Waals surface area contributed by atoms with Gasteiger partial charge in [-0.05, 0) is 31.2 Å². The summed E-state index contributed by atoms with van der Waals surface area (Å²) in [5, 5.41) is 6.50. The molecule has 0 radical (unpaired) electrons. The molecule has 0 fully saturated rings. The molecule has 0 unspecified atom stereocenters. The summed E-state index contributed by atoms with van der Waals surface area (Å²) in [6.07, 6.45) is 1.60. The zero-order valence-electron chi connectivity index (χ0n) is 10.8. The minimum absolute atomic E-state index is 0.0504. The lowest BCUT2D eigenvalue weighted by molar-refractivity contribution is -0.115. The van der Waals surface area contributed by atoms with Crippen LogP contribution in [0, 0.1) is 0 Å². The highest BCUT2D eigenvalue weighted by molar-refractivity contribution is 6.43. The summed E-state index contributed by atoms with van der Waals surface area (Å²) in [5.74, 6) is 0.575. The number of rotatable bonds is 5. The van der Waals surface area contributed by atoms with Crippen molar-refractivity contribution < 1.29 is 9.21 Å². The molecule has 0 aliphatic carbocycles. The van der Waals surface area contributed by atoms with Gasteiger partial charge in [0, 0.05) is 0 Å². The van der Waals surface area contributed by atoms with Crippen molar-refractivity contribution in [1.82, 2.24) is 5.32 Å². The zero-order valence-corrected chi connectivity index (χ0v) is 12.3. The quantitative estimate of drug-likeness (QED) is 0.881. The Balaban J connectivity index is 1.88. The first-order chi connectivity index (χ1) is 9.58. The van der Waals surface area contributed by atoms with E-state index in [0.29, 0.717) is 15.7 Å². The van der Waals surface area contributed by atoms with E-state index in [1.165, 1.54) is 0 Å². The summed E-state index contributed by atoms with van der Waals surface area (Å²) in [6, 6.07) is 8.69. The number of anilines is 1. The first-order valence-corrected chi connectivity index (χ1v) is 6.84. The molecule has 0 aliphatic rings. The van der Waals surface area contributed by atoms with Gasteiger partial charge >= 0.3 is 0 Å². The summed E-state index contributed by atoms with van der Waals surface area (Å²) in [5.41, 5.74) is 0.497. The van der Waals surface area contributed by atoms with Crippen LogP contribution in [-0.2, 0) is 4.79 Å². The van der Waals surface area contributed by atoms with Gasteiger partial charge in [0.2, 0.25) is 5.91 Å². The number of nitrogens with one attached hydrogen (secondary N) is 2. The van der Waals surface area contributed by atoms with Gasteiger partial charge in [-0.1, -0.05) is 29.3 Å². The Hall–Kier alpha value is -1.49. The van der Waals surface area contributed by atoms with Gasteiger partial charge in [-0.15, -0.1) is 0 Å². The SMILES string of the molecule is C[C@@H](NCC(=O)Nc1cccc(Cl)c1Cl)c1ccco1. The van der Waals surface area contributed by atoms with Crippen LogP contribution >= 0.6 is 23.2 Å². The van der Waals surface area contributed by atoms with Crippen molar-refractivity contribution in [3.05, 3.63) is 52.4 Å². The zero-order chi connectivity index (χ0) is 14.5. The van der Waals surface area contributed by atoms with E-state index in [4.69, 9.17) is 27.6 Å². The molecule has 6 heteroatoms. The highest BCUT2D eigenvalue weighted by atomic mass is 35.5. The molecule has 0 saturated carbocycles. The Morgan fingerprint density at radius 1 is 1.30 bits per heavy atom. The van der Waals surface area contributed by atoms with Crippen molar-refractivity contribution in [2.75, 3.05) is 11.9 Å². The van der Waals surface area contributed by atoms with Crippen LogP contribution in [-0.4, -0.2) is 12.5 Å². The number of amides is 1. The molecule has 4 nitrogen and oxygen atoms in total. The minimum Gasteiger partial charge on any atom is -0.468 e. The summed E-state index contributed by atoms with van der Waals surface area (Å²) in [4.78, 5) is 11.8. The average Bonchev–Trinajstić information content (AvgIpc) is 2.95. The monoisotopic (exact) mass is 312 g/mol. The minimum atomic E-state index is -0.201. The number of furan rings is 1. The molecule has 0 spiro atoms. The number of carbonyl (C=O) groups excluding carboxylic acids is 1. The van der Waals surface area contributed by atoms with Crippen LogP contribution in [0.3, 0.4) is 0 Å². The van der Waals surface area contributed by atoms with Crippen LogP contribution in [0.25, 0.3) is 0 Å². The van der Waals surface area contributed by atoms with E-state index in [9.17, 15) is 4.79 Å². The van der Waals surface area contributed by atoms with Gasteiger partial charge in [0.1, 0.15) is 5.76 Å². The lowest BCUT2D eigenvalue weighted by Crippen LogP contribution is -2.30. The third-order valence-corrected chi connectivity index (χ3v) is 3.58. The summed E-state index contributed by atoms with van der Waals surface area (Å²) < 4.78 is 5.25. The molecule has 0 aliphatic heterocycles. The highest BCUT2D eigenvalue weighted by Gasteiger charge is 2.11. The fourth-order valence-corrected chi connectivity index (χ4v) is 2.03. The van der Waals surface area contributed by atoms with Gasteiger partial charge in [0.15, 0.2) is 0 Å². The second-order valence-electron chi connectivity index (χ2n) is 4.27. The van der Waals surface area contributed by atoms with E-state index in [2.05, 4.69) is 10.6 Å². The van der Waals surface area contributed by atoms with Crippen LogP contribution < -0.4 is 10.6 Å². The van der Waals surface area contributed by atoms with Crippen molar-refractivity contribution in [3.8, 4) is 0 Å². The molecular weight excluding hydrogens is 299 g/mol. The Morgan fingerprint density at radius 3 is 2.80 bits per heavy atom. The van der Waals surface area contributed by atoms with Gasteiger partial charge in [0.05, 0.1) is 34.6 Å². The molecule has 0 bridgehead atoms. The molecule has 1 atom stereocenters. The summed E-state index contributed by atoms with van der Waals surface area (Å²) in [6.45, 7) is 2.06. The highest BCUT2D eigenvalue weighted by Crippen LogP contribution is 2.29. The van der Waals surface area contributed by atoms with E-state index in [1.54, 1.807) is 30.5 Å². The fourth-order valence-electron chi connectivity index (χ4n) is 1.68. The Kier molecular flexibility index (Phi) is 5.06. The Labute approximate surface area is 127 Å². The fraction of sp³-hybridized carbons (Fsp3) is 0.214. The molecule has 1 amide bonds. The standard InChI is InChI=1S/C14H14Cl2N2O2/c1-9(12-6-3-7-20-12)17-8-13(19)18-11-5-2-4-10(15)14(11)16/h2-7,9,17H,8H2,1H3,(H,18,19)/t9-/m1/s1. The van der Waals surface area contributed by atoms with Gasteiger partial charge in [-0.3, -0.25) is 10.1 Å². The van der Waals surface area contributed by atoms with E-state index in [0.717, 1.165) is 5.76 Å². The first-order valence-electron chi connectivity index (χ1n) is 6.08. The van der Waals surface area contributed by atoms with Crippen molar-refractivity contribution in [2.45, 2.75) is 13.0 Å². The first kappa shape index (κ1) is 14.9. The third-order valence-electron chi connectivity index (χ3n) is 2.76. The van der Waals surface area contributed by atoms with Crippen LogP contribution in [0.4, 0.5) is 5.69 Å². The number of hydrogen-bond donors (Lipinski definition) is 2. The predicted octanol–water partition coefficient (Wildman–Crippen LogP) is 3.88. The molecule has 2 aromatic rings. The molecular formula is C14H14Cl2N2O2. The van der Waals surface area contributed by atoms with Gasteiger partial charge in [-0.2, -0.15) is 0 Å². The predicted molar refractivity (Wildman–Crippen MR) is 80.2 cm³/mol. The molecule has 20 heavy (non-hydrogen) atoms.